The Morgan fingerprint density at radius 2 is 1.50 bits per heavy atom. The molecule has 0 amide bonds. The predicted octanol–water partition coefficient (Wildman–Crippen LogP) is 4.21. The van der Waals surface area contributed by atoms with E-state index in [0.717, 1.165) is 22.1 Å². The van der Waals surface area contributed by atoms with Gasteiger partial charge in [0.15, 0.2) is 0 Å². The van der Waals surface area contributed by atoms with Gasteiger partial charge in [0, 0.05) is 28.5 Å². The fraction of sp³-hybridized carbons (Fsp3) is 0. The fourth-order valence-corrected chi connectivity index (χ4v) is 2.35. The Morgan fingerprint density at radius 3 is 2.35 bits per heavy atom. The van der Waals surface area contributed by atoms with Crippen molar-refractivity contribution in [2.75, 3.05) is 0 Å². The molecule has 3 nitrogen and oxygen atoms in total. The summed E-state index contributed by atoms with van der Waals surface area (Å²) in [5.74, 6) is 0.804. The summed E-state index contributed by atoms with van der Waals surface area (Å²) >= 11 is 0. The molecule has 0 saturated heterocycles. The highest BCUT2D eigenvalue weighted by molar-refractivity contribution is 5.94. The topological polar surface area (TPSA) is 43.4 Å². The highest BCUT2D eigenvalue weighted by atomic mass is 16.4. The van der Waals surface area contributed by atoms with Crippen molar-refractivity contribution in [1.29, 1.82) is 0 Å². The maximum atomic E-state index is 11.2. The van der Waals surface area contributed by atoms with Gasteiger partial charge >= 0.3 is 5.63 Å². The summed E-state index contributed by atoms with van der Waals surface area (Å²) in [5, 5.41) is 1.88. The molecule has 2 heterocycles. The zero-order valence-electron chi connectivity index (χ0n) is 10.5. The molecule has 0 saturated carbocycles. The van der Waals surface area contributed by atoms with Gasteiger partial charge < -0.3 is 8.83 Å². The second-order valence-electron chi connectivity index (χ2n) is 4.66. The van der Waals surface area contributed by atoms with Crippen molar-refractivity contribution >= 4 is 21.9 Å². The van der Waals surface area contributed by atoms with E-state index in [9.17, 15) is 4.79 Å². The average molecular weight is 262 g/mol. The highest BCUT2D eigenvalue weighted by Gasteiger charge is 2.08. The molecule has 0 spiro atoms. The van der Waals surface area contributed by atoms with E-state index in [4.69, 9.17) is 8.83 Å². The van der Waals surface area contributed by atoms with E-state index in [2.05, 4.69) is 0 Å². The molecule has 0 aliphatic heterocycles. The van der Waals surface area contributed by atoms with Crippen LogP contribution in [0.2, 0.25) is 0 Å². The van der Waals surface area contributed by atoms with Crippen LogP contribution >= 0.6 is 0 Å². The Bertz CT molecular complexity index is 962. The van der Waals surface area contributed by atoms with E-state index in [1.165, 1.54) is 6.07 Å². The van der Waals surface area contributed by atoms with Crippen molar-refractivity contribution in [2.45, 2.75) is 0 Å². The predicted molar refractivity (Wildman–Crippen MR) is 77.7 cm³/mol. The molecule has 0 atom stereocenters. The van der Waals surface area contributed by atoms with Crippen LogP contribution in [0.1, 0.15) is 0 Å². The van der Waals surface area contributed by atoms with Crippen LogP contribution in [0.15, 0.2) is 74.3 Å². The summed E-state index contributed by atoms with van der Waals surface area (Å²) in [6.07, 6.45) is 0. The summed E-state index contributed by atoms with van der Waals surface area (Å²) in [5.41, 5.74) is 1.92. The monoisotopic (exact) mass is 262 g/mol. The van der Waals surface area contributed by atoms with Crippen LogP contribution in [0.3, 0.4) is 0 Å². The first-order chi connectivity index (χ1) is 9.79. The molecule has 96 valence electrons. The molecular weight excluding hydrogens is 252 g/mol. The highest BCUT2D eigenvalue weighted by Crippen LogP contribution is 2.30. The van der Waals surface area contributed by atoms with Gasteiger partial charge in [-0.3, -0.25) is 0 Å². The van der Waals surface area contributed by atoms with Gasteiger partial charge in [-0.15, -0.1) is 0 Å². The zero-order valence-corrected chi connectivity index (χ0v) is 10.5. The third-order valence-corrected chi connectivity index (χ3v) is 3.32. The van der Waals surface area contributed by atoms with Crippen LogP contribution in [0, 0.1) is 0 Å². The Hall–Kier alpha value is -2.81. The molecule has 20 heavy (non-hydrogen) atoms. The van der Waals surface area contributed by atoms with Crippen LogP contribution in [0.25, 0.3) is 33.3 Å². The number of rotatable bonds is 1. The lowest BCUT2D eigenvalue weighted by molar-refractivity contribution is 0.559. The quantitative estimate of drug-likeness (QED) is 0.483. The number of benzene rings is 2. The maximum Gasteiger partial charge on any atom is 0.336 e. The number of hydrogen-bond donors (Lipinski definition) is 0. The van der Waals surface area contributed by atoms with Crippen molar-refractivity contribution in [3.8, 4) is 11.3 Å². The summed E-state index contributed by atoms with van der Waals surface area (Å²) in [4.78, 5) is 11.2. The van der Waals surface area contributed by atoms with Crippen LogP contribution < -0.4 is 5.63 Å². The minimum Gasteiger partial charge on any atom is -0.456 e. The van der Waals surface area contributed by atoms with E-state index in [-0.39, 0.29) is 5.63 Å². The van der Waals surface area contributed by atoms with Crippen LogP contribution in [-0.4, -0.2) is 0 Å². The molecule has 0 N–H and O–H groups in total. The largest absolute Gasteiger partial charge is 0.456 e. The summed E-state index contributed by atoms with van der Waals surface area (Å²) in [6.45, 7) is 0. The molecule has 0 aliphatic carbocycles. The Morgan fingerprint density at radius 1 is 0.700 bits per heavy atom. The van der Waals surface area contributed by atoms with E-state index in [1.807, 2.05) is 42.5 Å². The van der Waals surface area contributed by atoms with Crippen LogP contribution in [0.4, 0.5) is 0 Å². The van der Waals surface area contributed by atoms with Gasteiger partial charge in [-0.25, -0.2) is 4.79 Å². The average Bonchev–Trinajstić information content (AvgIpc) is 2.88. The Labute approximate surface area is 114 Å². The smallest absolute Gasteiger partial charge is 0.336 e. The van der Waals surface area contributed by atoms with E-state index >= 15 is 0 Å². The molecule has 3 heteroatoms. The van der Waals surface area contributed by atoms with Crippen molar-refractivity contribution in [3.05, 3.63) is 71.1 Å². The zero-order chi connectivity index (χ0) is 13.5. The number of hydrogen-bond acceptors (Lipinski definition) is 3. The minimum absolute atomic E-state index is 0.355. The second-order valence-corrected chi connectivity index (χ2v) is 4.66. The molecular formula is C17H10O3. The van der Waals surface area contributed by atoms with Crippen LogP contribution in [-0.2, 0) is 0 Å². The molecule has 4 aromatic rings. The van der Waals surface area contributed by atoms with Crippen molar-refractivity contribution < 1.29 is 8.83 Å². The molecule has 0 radical (unpaired) electrons. The van der Waals surface area contributed by atoms with E-state index in [1.54, 1.807) is 12.1 Å². The SMILES string of the molecule is O=c1ccc2cc3cc(-c4ccccc4)oc3cc2o1. The van der Waals surface area contributed by atoms with Crippen LogP contribution in [0.5, 0.6) is 0 Å². The first-order valence-electron chi connectivity index (χ1n) is 6.32. The lowest BCUT2D eigenvalue weighted by Gasteiger charge is -1.95. The lowest BCUT2D eigenvalue weighted by atomic mass is 10.1. The minimum atomic E-state index is -0.355. The summed E-state index contributed by atoms with van der Waals surface area (Å²) in [6, 6.07) is 18.8. The Balaban J connectivity index is 1.99. The third-order valence-electron chi connectivity index (χ3n) is 3.32. The normalized spacial score (nSPS) is 11.2. The molecule has 4 rings (SSSR count). The van der Waals surface area contributed by atoms with Crippen molar-refractivity contribution in [2.24, 2.45) is 0 Å². The standard InChI is InChI=1S/C17H10O3/c18-17-7-6-12-8-13-9-14(11-4-2-1-3-5-11)19-16(13)10-15(12)20-17/h1-10H. The van der Waals surface area contributed by atoms with Gasteiger partial charge in [-0.1, -0.05) is 30.3 Å². The van der Waals surface area contributed by atoms with Crippen molar-refractivity contribution in [1.82, 2.24) is 0 Å². The molecule has 2 aromatic heterocycles. The first-order valence-corrected chi connectivity index (χ1v) is 6.32. The molecule has 0 unspecified atom stereocenters. The molecule has 0 bridgehead atoms. The van der Waals surface area contributed by atoms with Gasteiger partial charge in [0.1, 0.15) is 16.9 Å². The van der Waals surface area contributed by atoms with Gasteiger partial charge in [0.05, 0.1) is 0 Å². The lowest BCUT2D eigenvalue weighted by Crippen LogP contribution is -1.93. The second kappa shape index (κ2) is 4.10. The molecule has 0 fully saturated rings. The van der Waals surface area contributed by atoms with E-state index in [0.29, 0.717) is 11.2 Å². The van der Waals surface area contributed by atoms with Gasteiger partial charge in [-0.05, 0) is 18.2 Å². The third kappa shape index (κ3) is 1.72. The van der Waals surface area contributed by atoms with E-state index < -0.39 is 0 Å². The van der Waals surface area contributed by atoms with Gasteiger partial charge in [-0.2, -0.15) is 0 Å². The summed E-state index contributed by atoms with van der Waals surface area (Å²) in [7, 11) is 0. The maximum absolute atomic E-state index is 11.2. The van der Waals surface area contributed by atoms with Gasteiger partial charge in [0.25, 0.3) is 0 Å². The number of furan rings is 1. The summed E-state index contributed by atoms with van der Waals surface area (Å²) < 4.78 is 11.0. The van der Waals surface area contributed by atoms with Crippen molar-refractivity contribution in [3.63, 3.8) is 0 Å². The number of fused-ring (bicyclic) bond motifs is 2. The molecule has 0 aliphatic rings. The Kier molecular flexibility index (Phi) is 2.27. The van der Waals surface area contributed by atoms with Gasteiger partial charge in [0.2, 0.25) is 0 Å². The molecule has 2 aromatic carbocycles. The fourth-order valence-electron chi connectivity index (χ4n) is 2.35. The first kappa shape index (κ1) is 11.1.